The van der Waals surface area contributed by atoms with Crippen LogP contribution < -0.4 is 10.4 Å². The lowest BCUT2D eigenvalue weighted by Crippen LogP contribution is -2.17. The highest BCUT2D eigenvalue weighted by atomic mass is 32.2. The summed E-state index contributed by atoms with van der Waals surface area (Å²) >= 11 is 0. The van der Waals surface area contributed by atoms with Crippen LogP contribution in [0.25, 0.3) is 11.3 Å². The summed E-state index contributed by atoms with van der Waals surface area (Å²) in [5.41, 5.74) is -0.453. The van der Waals surface area contributed by atoms with Gasteiger partial charge < -0.3 is 0 Å². The third-order valence-corrected chi connectivity index (χ3v) is 5.71. The zero-order valence-corrected chi connectivity index (χ0v) is 16.2. The van der Waals surface area contributed by atoms with E-state index in [1.165, 1.54) is 24.3 Å². The molecule has 0 radical (unpaired) electrons. The Morgan fingerprint density at radius 1 is 0.935 bits per heavy atom. The van der Waals surface area contributed by atoms with Crippen LogP contribution in [0.15, 0.2) is 64.6 Å². The van der Waals surface area contributed by atoms with E-state index < -0.39 is 19.8 Å². The van der Waals surface area contributed by atoms with E-state index in [0.717, 1.165) is 35.3 Å². The van der Waals surface area contributed by atoms with Crippen molar-refractivity contribution in [3.8, 4) is 18.2 Å². The predicted octanol–water partition coefficient (Wildman–Crippen LogP) is 0.397. The van der Waals surface area contributed by atoms with E-state index in [-0.39, 0.29) is 21.9 Å². The fourth-order valence-electron chi connectivity index (χ4n) is 2.52. The molecule has 150 valence electrons. The number of nitrogens with zero attached hydrogens (tertiary/aromatic N) is 7. The minimum absolute atomic E-state index is 0.0906. The van der Waals surface area contributed by atoms with Gasteiger partial charge in [-0.25, -0.2) is 8.42 Å². The molecule has 0 saturated carbocycles. The lowest BCUT2D eigenvalue weighted by molar-refractivity contribution is -0.384. The fraction of sp³-hybridized carbons (Fsp3) is 0. The Balaban J connectivity index is 2.06. The van der Waals surface area contributed by atoms with Crippen molar-refractivity contribution in [2.45, 2.75) is 9.92 Å². The number of nitro benzene ring substituents is 1. The van der Waals surface area contributed by atoms with Gasteiger partial charge >= 0.3 is 0 Å². The van der Waals surface area contributed by atoms with Crippen molar-refractivity contribution >= 4 is 26.8 Å². The highest BCUT2D eigenvalue weighted by Gasteiger charge is 2.23. The Bertz CT molecular complexity index is 1510. The molecule has 0 spiro atoms. The molecular formula is C19H9N7O4S. The molecule has 31 heavy (non-hydrogen) atoms. The zero-order chi connectivity index (χ0) is 22.6. The lowest BCUT2D eigenvalue weighted by Gasteiger charge is -2.00. The molecule has 0 aliphatic rings. The van der Waals surface area contributed by atoms with Crippen molar-refractivity contribution in [3.05, 3.63) is 75.3 Å². The summed E-state index contributed by atoms with van der Waals surface area (Å²) in [5.74, 6) is 0. The molecule has 11 nitrogen and oxygen atoms in total. The van der Waals surface area contributed by atoms with Crippen molar-refractivity contribution in [3.63, 3.8) is 0 Å². The normalized spacial score (nSPS) is 10.4. The molecule has 0 fully saturated rings. The van der Waals surface area contributed by atoms with Crippen LogP contribution in [0.2, 0.25) is 0 Å². The Hall–Kier alpha value is -4.86. The van der Waals surface area contributed by atoms with Gasteiger partial charge in [0, 0.05) is 22.6 Å². The average molecular weight is 431 g/mol. The van der Waals surface area contributed by atoms with Crippen molar-refractivity contribution < 1.29 is 13.3 Å². The number of nitriles is 3. The Morgan fingerprint density at radius 2 is 1.52 bits per heavy atom. The van der Waals surface area contributed by atoms with E-state index >= 15 is 0 Å². The first-order chi connectivity index (χ1) is 14.8. The summed E-state index contributed by atoms with van der Waals surface area (Å²) in [6.07, 6.45) is 0.958. The van der Waals surface area contributed by atoms with Crippen LogP contribution in [0.3, 0.4) is 0 Å². The Morgan fingerprint density at radius 3 is 2.03 bits per heavy atom. The van der Waals surface area contributed by atoms with E-state index in [1.54, 1.807) is 12.1 Å². The molecule has 0 amide bonds. The van der Waals surface area contributed by atoms with Gasteiger partial charge in [-0.2, -0.15) is 20.9 Å². The van der Waals surface area contributed by atoms with Crippen molar-refractivity contribution in [2.24, 2.45) is 0 Å². The molecule has 1 aromatic heterocycles. The van der Waals surface area contributed by atoms with Crippen molar-refractivity contribution in [1.29, 1.82) is 15.8 Å². The van der Waals surface area contributed by atoms with Crippen molar-refractivity contribution in [2.75, 3.05) is 0 Å². The van der Waals surface area contributed by atoms with Crippen molar-refractivity contribution in [1.82, 2.24) is 15.0 Å². The molecule has 0 aliphatic carbocycles. The van der Waals surface area contributed by atoms with Gasteiger partial charge in [-0.1, -0.05) is 24.3 Å². The Labute approximate surface area is 174 Å². The van der Waals surface area contributed by atoms with Gasteiger partial charge in [0.25, 0.3) is 5.69 Å². The molecule has 1 heterocycles. The van der Waals surface area contributed by atoms with Crippen LogP contribution in [-0.4, -0.2) is 28.3 Å². The summed E-state index contributed by atoms with van der Waals surface area (Å²) in [6.45, 7) is 0. The maximum Gasteiger partial charge on any atom is 0.269 e. The number of sulfone groups is 1. The molecule has 0 bridgehead atoms. The number of hydrogen-bond donors (Lipinski definition) is 0. The average Bonchev–Trinajstić information content (AvgIpc) is 3.27. The smallest absolute Gasteiger partial charge is 0.258 e. The molecule has 2 aromatic carbocycles. The summed E-state index contributed by atoms with van der Waals surface area (Å²) in [5, 5.41) is 46.0. The Kier molecular flexibility index (Phi) is 5.55. The molecule has 0 saturated heterocycles. The van der Waals surface area contributed by atoms with Gasteiger partial charge in [-0.3, -0.25) is 10.1 Å². The van der Waals surface area contributed by atoms with Gasteiger partial charge in [-0.15, -0.1) is 9.90 Å². The summed E-state index contributed by atoms with van der Waals surface area (Å²) in [4.78, 5) is 10.7. The molecule has 0 aliphatic heterocycles. The summed E-state index contributed by atoms with van der Waals surface area (Å²) < 4.78 is 25.4. The minimum atomic E-state index is -4.12. The molecule has 0 N–H and O–H groups in total. The number of benzene rings is 2. The number of non-ortho nitro benzene ring substituents is 1. The quantitative estimate of drug-likeness (QED) is 0.417. The second kappa shape index (κ2) is 8.25. The van der Waals surface area contributed by atoms with Crippen LogP contribution >= 0.6 is 0 Å². The highest BCUT2D eigenvalue weighted by Crippen LogP contribution is 2.21. The van der Waals surface area contributed by atoms with Gasteiger partial charge in [0.1, 0.15) is 23.8 Å². The van der Waals surface area contributed by atoms with Gasteiger partial charge in [0.2, 0.25) is 14.9 Å². The summed E-state index contributed by atoms with van der Waals surface area (Å²) in [7, 11) is -4.12. The summed E-state index contributed by atoms with van der Waals surface area (Å²) in [6, 6.07) is 15.5. The second-order valence-electron chi connectivity index (χ2n) is 5.86. The van der Waals surface area contributed by atoms with Gasteiger partial charge in [0.05, 0.1) is 16.0 Å². The molecule has 12 heteroatoms. The van der Waals surface area contributed by atoms with E-state index in [0.29, 0.717) is 10.4 Å². The first-order valence-electron chi connectivity index (χ1n) is 8.29. The predicted molar refractivity (Wildman–Crippen MR) is 103 cm³/mol. The number of nitro groups is 1. The van der Waals surface area contributed by atoms with E-state index in [9.17, 15) is 23.8 Å². The third kappa shape index (κ3) is 3.98. The molecule has 3 rings (SSSR count). The largest absolute Gasteiger partial charge is 0.269 e. The monoisotopic (exact) mass is 431 g/mol. The fourth-order valence-corrected chi connectivity index (χ4v) is 3.63. The van der Waals surface area contributed by atoms with E-state index in [2.05, 4.69) is 10.2 Å². The van der Waals surface area contributed by atoms with E-state index in [1.807, 2.05) is 6.07 Å². The topological polar surface area (TPSA) is 179 Å². The number of aromatic nitrogens is 3. The highest BCUT2D eigenvalue weighted by molar-refractivity contribution is 7.91. The molecule has 0 unspecified atom stereocenters. The minimum Gasteiger partial charge on any atom is -0.258 e. The number of hydrogen-bond acceptors (Lipinski definition) is 9. The standard InChI is InChI=1S/C19H9N7O4S/c20-9-15(10-21)13-1-3-14(4-2-13)18(11-22)25-23-12-19(24-25)31(29,30)17-7-5-16(6-8-17)26(27)28/h1-8,12H. The third-order valence-electron chi connectivity index (χ3n) is 4.08. The maximum absolute atomic E-state index is 12.7. The molecule has 3 aromatic rings. The van der Waals surface area contributed by atoms with Gasteiger partial charge in [-0.05, 0) is 12.1 Å². The van der Waals surface area contributed by atoms with Crippen LogP contribution in [-0.2, 0) is 9.84 Å². The van der Waals surface area contributed by atoms with Gasteiger partial charge in [0.15, 0.2) is 5.70 Å². The van der Waals surface area contributed by atoms with Crippen LogP contribution in [0.1, 0.15) is 0 Å². The number of rotatable bonds is 4. The molecule has 0 atom stereocenters. The van der Waals surface area contributed by atoms with Crippen LogP contribution in [0, 0.1) is 44.1 Å². The van der Waals surface area contributed by atoms with Crippen LogP contribution in [0.4, 0.5) is 5.69 Å². The van der Waals surface area contributed by atoms with E-state index in [4.69, 9.17) is 10.5 Å². The van der Waals surface area contributed by atoms with Crippen LogP contribution in [0.5, 0.6) is 0 Å². The zero-order valence-electron chi connectivity index (χ0n) is 15.4. The first kappa shape index (κ1) is 20.9. The second-order valence-corrected chi connectivity index (χ2v) is 7.76. The SMILES string of the molecule is N#CC(C#N)=c1ccc(=C(C#N)n2ncc(S(=O)(=O)c3ccc([N+](=O)[O-])cc3)n2)cc1. The maximum atomic E-state index is 12.7. The lowest BCUT2D eigenvalue weighted by atomic mass is 10.1. The molecular weight excluding hydrogens is 422 g/mol. The first-order valence-corrected chi connectivity index (χ1v) is 9.77.